The maximum Gasteiger partial charge on any atom is 0.228 e. The molecule has 5 heterocycles. The Morgan fingerprint density at radius 2 is 1.97 bits per heavy atom. The van der Waals surface area contributed by atoms with Gasteiger partial charge in [0.1, 0.15) is 11.6 Å². The summed E-state index contributed by atoms with van der Waals surface area (Å²) in [5, 5.41) is 17.1. The molecule has 0 bridgehead atoms. The number of nitrogens with one attached hydrogen (secondary N) is 1. The van der Waals surface area contributed by atoms with E-state index in [1.165, 1.54) is 5.56 Å². The van der Waals surface area contributed by atoms with Gasteiger partial charge in [0.25, 0.3) is 0 Å². The second-order valence-electron chi connectivity index (χ2n) is 8.23. The van der Waals surface area contributed by atoms with Crippen LogP contribution in [0.3, 0.4) is 0 Å². The zero-order valence-electron chi connectivity index (χ0n) is 18.4. The number of pyridine rings is 1. The molecule has 1 aliphatic rings. The summed E-state index contributed by atoms with van der Waals surface area (Å²) in [6.45, 7) is 0.594. The van der Waals surface area contributed by atoms with E-state index in [-0.39, 0.29) is 5.92 Å². The first-order chi connectivity index (χ1) is 16.6. The van der Waals surface area contributed by atoms with Crippen molar-refractivity contribution in [1.29, 1.82) is 0 Å². The van der Waals surface area contributed by atoms with Crippen LogP contribution in [-0.4, -0.2) is 41.0 Å². The standard InChI is InChI=1S/C24H21ClN8O/c1-32-20(7-10-27-32)29-24-26-9-6-19(28-24)17-13-21-30-31-23-16(8-11-34-22(14-17)33(21)23)12-15-2-4-18(25)5-3-15/h2-7,9-10,13-14,16H,8,11-12H2,1H3,(H,26,28,29). The molecule has 1 atom stereocenters. The Morgan fingerprint density at radius 3 is 2.79 bits per heavy atom. The van der Waals surface area contributed by atoms with Crippen LogP contribution < -0.4 is 10.1 Å². The molecule has 0 saturated heterocycles. The number of rotatable bonds is 5. The van der Waals surface area contributed by atoms with Gasteiger partial charge >= 0.3 is 0 Å². The lowest BCUT2D eigenvalue weighted by Gasteiger charge is -2.12. The van der Waals surface area contributed by atoms with E-state index in [1.54, 1.807) is 17.1 Å². The number of hydrogen-bond acceptors (Lipinski definition) is 7. The van der Waals surface area contributed by atoms with Crippen LogP contribution in [0, 0.1) is 0 Å². The quantitative estimate of drug-likeness (QED) is 0.404. The summed E-state index contributed by atoms with van der Waals surface area (Å²) in [5.74, 6) is 3.10. The molecule has 1 aliphatic heterocycles. The Morgan fingerprint density at radius 1 is 1.09 bits per heavy atom. The number of benzene rings is 1. The van der Waals surface area contributed by atoms with Gasteiger partial charge in [-0.15, -0.1) is 10.2 Å². The van der Waals surface area contributed by atoms with Gasteiger partial charge in [0.15, 0.2) is 5.65 Å². The van der Waals surface area contributed by atoms with Crippen LogP contribution in [-0.2, 0) is 13.5 Å². The van der Waals surface area contributed by atoms with Crippen molar-refractivity contribution in [3.05, 3.63) is 77.3 Å². The highest BCUT2D eigenvalue weighted by molar-refractivity contribution is 6.30. The molecule has 4 aromatic heterocycles. The van der Waals surface area contributed by atoms with Crippen molar-refractivity contribution in [3.63, 3.8) is 0 Å². The van der Waals surface area contributed by atoms with Crippen molar-refractivity contribution < 1.29 is 4.74 Å². The minimum absolute atomic E-state index is 0.192. The number of nitrogens with zero attached hydrogens (tertiary/aromatic N) is 7. The highest BCUT2D eigenvalue weighted by Gasteiger charge is 2.25. The van der Waals surface area contributed by atoms with Crippen LogP contribution in [0.5, 0.6) is 5.88 Å². The molecular weight excluding hydrogens is 452 g/mol. The molecule has 0 spiro atoms. The van der Waals surface area contributed by atoms with Crippen molar-refractivity contribution in [3.8, 4) is 17.1 Å². The van der Waals surface area contributed by atoms with E-state index in [2.05, 4.69) is 42.7 Å². The van der Waals surface area contributed by atoms with Crippen LogP contribution in [0.4, 0.5) is 11.8 Å². The molecule has 10 heteroatoms. The zero-order valence-corrected chi connectivity index (χ0v) is 19.1. The number of aromatic nitrogens is 7. The minimum Gasteiger partial charge on any atom is -0.478 e. The first kappa shape index (κ1) is 20.6. The monoisotopic (exact) mass is 472 g/mol. The fourth-order valence-corrected chi connectivity index (χ4v) is 4.38. The molecule has 0 saturated carbocycles. The summed E-state index contributed by atoms with van der Waals surface area (Å²) < 4.78 is 9.88. The summed E-state index contributed by atoms with van der Waals surface area (Å²) in [6.07, 6.45) is 5.13. The van der Waals surface area contributed by atoms with Gasteiger partial charge in [-0.3, -0.25) is 4.68 Å². The molecule has 0 fully saturated rings. The topological polar surface area (TPSA) is 95.1 Å². The van der Waals surface area contributed by atoms with E-state index < -0.39 is 0 Å². The predicted molar refractivity (Wildman–Crippen MR) is 129 cm³/mol. The molecule has 1 N–H and O–H groups in total. The van der Waals surface area contributed by atoms with E-state index in [9.17, 15) is 0 Å². The summed E-state index contributed by atoms with van der Waals surface area (Å²) in [7, 11) is 1.86. The van der Waals surface area contributed by atoms with Crippen molar-refractivity contribution in [1.82, 2.24) is 34.3 Å². The second kappa shape index (κ2) is 8.42. The van der Waals surface area contributed by atoms with E-state index in [1.807, 2.05) is 47.8 Å². The number of hydrogen-bond donors (Lipinski definition) is 1. The van der Waals surface area contributed by atoms with Gasteiger partial charge in [-0.2, -0.15) is 5.10 Å². The summed E-state index contributed by atoms with van der Waals surface area (Å²) in [4.78, 5) is 9.02. The fraction of sp³-hybridized carbons (Fsp3) is 0.208. The van der Waals surface area contributed by atoms with E-state index in [0.29, 0.717) is 18.4 Å². The van der Waals surface area contributed by atoms with Crippen molar-refractivity contribution >= 4 is 29.0 Å². The van der Waals surface area contributed by atoms with Crippen LogP contribution in [0.25, 0.3) is 16.9 Å². The van der Waals surface area contributed by atoms with E-state index in [0.717, 1.165) is 46.4 Å². The largest absolute Gasteiger partial charge is 0.478 e. The van der Waals surface area contributed by atoms with Crippen molar-refractivity contribution in [2.24, 2.45) is 7.05 Å². The summed E-state index contributed by atoms with van der Waals surface area (Å²) in [6, 6.07) is 15.6. The van der Waals surface area contributed by atoms with Crippen molar-refractivity contribution in [2.75, 3.05) is 11.9 Å². The van der Waals surface area contributed by atoms with E-state index >= 15 is 0 Å². The lowest BCUT2D eigenvalue weighted by Crippen LogP contribution is -2.08. The molecule has 1 unspecified atom stereocenters. The normalized spacial score (nSPS) is 15.2. The number of anilines is 2. The number of ether oxygens (including phenoxy) is 1. The molecule has 34 heavy (non-hydrogen) atoms. The van der Waals surface area contributed by atoms with Gasteiger partial charge in [-0.1, -0.05) is 23.7 Å². The molecule has 1 aromatic carbocycles. The van der Waals surface area contributed by atoms with Gasteiger partial charge in [0.2, 0.25) is 11.8 Å². The van der Waals surface area contributed by atoms with Gasteiger partial charge in [-0.25, -0.2) is 14.4 Å². The van der Waals surface area contributed by atoms with Crippen molar-refractivity contribution in [2.45, 2.75) is 18.8 Å². The van der Waals surface area contributed by atoms with Crippen LogP contribution in [0.2, 0.25) is 5.02 Å². The highest BCUT2D eigenvalue weighted by Crippen LogP contribution is 2.33. The molecule has 0 radical (unpaired) electrons. The Hall–Kier alpha value is -3.98. The third kappa shape index (κ3) is 3.84. The summed E-state index contributed by atoms with van der Waals surface area (Å²) >= 11 is 6.05. The maximum atomic E-state index is 6.15. The third-order valence-electron chi connectivity index (χ3n) is 5.99. The Bertz CT molecular complexity index is 1480. The molecule has 0 aliphatic carbocycles. The smallest absolute Gasteiger partial charge is 0.228 e. The fourth-order valence-electron chi connectivity index (χ4n) is 4.25. The van der Waals surface area contributed by atoms with Crippen LogP contribution >= 0.6 is 11.6 Å². The lowest BCUT2D eigenvalue weighted by atomic mass is 9.96. The van der Waals surface area contributed by atoms with Gasteiger partial charge in [-0.05, 0) is 42.7 Å². The SMILES string of the molecule is Cn1nccc1Nc1nccc(-c2cc3n4c(nnc4c2)C(Cc2ccc(Cl)cc2)CCO3)n1. The third-order valence-corrected chi connectivity index (χ3v) is 6.24. The van der Waals surface area contributed by atoms with Crippen LogP contribution in [0.1, 0.15) is 23.7 Å². The summed E-state index contributed by atoms with van der Waals surface area (Å²) in [5.41, 5.74) is 3.58. The molecular formula is C24H21ClN8O. The average Bonchev–Trinajstić information content (AvgIpc) is 3.41. The Balaban J connectivity index is 1.34. The Kier molecular flexibility index (Phi) is 5.10. The van der Waals surface area contributed by atoms with Gasteiger partial charge < -0.3 is 10.1 Å². The second-order valence-corrected chi connectivity index (χ2v) is 8.67. The highest BCUT2D eigenvalue weighted by atomic mass is 35.5. The lowest BCUT2D eigenvalue weighted by molar-refractivity contribution is 0.296. The van der Waals surface area contributed by atoms with E-state index in [4.69, 9.17) is 16.3 Å². The maximum absolute atomic E-state index is 6.15. The first-order valence-electron chi connectivity index (χ1n) is 11.0. The molecule has 9 nitrogen and oxygen atoms in total. The molecule has 0 amide bonds. The van der Waals surface area contributed by atoms with Gasteiger partial charge in [0, 0.05) is 41.9 Å². The molecule has 6 rings (SSSR count). The van der Waals surface area contributed by atoms with Crippen LogP contribution in [0.15, 0.2) is 60.9 Å². The number of halogens is 1. The minimum atomic E-state index is 0.192. The first-order valence-corrected chi connectivity index (χ1v) is 11.4. The zero-order chi connectivity index (χ0) is 23.1. The predicted octanol–water partition coefficient (Wildman–Crippen LogP) is 4.43. The number of aryl methyl sites for hydroxylation is 1. The van der Waals surface area contributed by atoms with Gasteiger partial charge in [0.05, 0.1) is 18.5 Å². The average molecular weight is 473 g/mol. The Labute approximate surface area is 200 Å². The molecule has 170 valence electrons. The molecule has 5 aromatic rings.